The Labute approximate surface area is 228 Å². The van der Waals surface area contributed by atoms with Crippen LogP contribution < -0.4 is 5.32 Å². The zero-order valence-electron chi connectivity index (χ0n) is 21.1. The number of nitrogens with one attached hydrogen (secondary N) is 3. The van der Waals surface area contributed by atoms with Gasteiger partial charge in [-0.15, -0.1) is 11.3 Å². The highest BCUT2D eigenvalue weighted by molar-refractivity contribution is 7.13. The van der Waals surface area contributed by atoms with Gasteiger partial charge in [0.1, 0.15) is 5.52 Å². The van der Waals surface area contributed by atoms with Crippen LogP contribution in [0.25, 0.3) is 55.4 Å². The predicted octanol–water partition coefficient (Wildman–Crippen LogP) is 6.60. The van der Waals surface area contributed by atoms with E-state index in [1.165, 1.54) is 19.3 Å². The van der Waals surface area contributed by atoms with E-state index < -0.39 is 0 Å². The maximum atomic E-state index is 12.7. The molecule has 7 rings (SSSR count). The molecule has 0 saturated heterocycles. The summed E-state index contributed by atoms with van der Waals surface area (Å²) in [5.41, 5.74) is 6.86. The number of imidazole rings is 1. The lowest BCUT2D eigenvalue weighted by atomic mass is 9.87. The summed E-state index contributed by atoms with van der Waals surface area (Å²) in [5, 5.41) is 12.7. The highest BCUT2D eigenvalue weighted by Gasteiger charge is 2.19. The number of anilines is 1. The number of carbonyl (C=O) groups is 1. The molecular weight excluding hydrogens is 508 g/mol. The minimum Gasteiger partial charge on any atom is -0.335 e. The molecule has 3 N–H and O–H groups in total. The van der Waals surface area contributed by atoms with Crippen LogP contribution in [0.1, 0.15) is 38.5 Å². The van der Waals surface area contributed by atoms with Crippen LogP contribution in [0.4, 0.5) is 5.69 Å². The van der Waals surface area contributed by atoms with Crippen LogP contribution >= 0.6 is 11.3 Å². The van der Waals surface area contributed by atoms with Crippen molar-refractivity contribution < 1.29 is 4.79 Å². The third kappa shape index (κ3) is 4.67. The SMILES string of the molecule is O=C(CC1CCCCC1)Nc1cncc(-c2ccc3[nH]nc(-c4nc5nccc(-c6cccs6)c5[nH]4)c3n2)c1. The molecule has 10 heteroatoms. The fourth-order valence-corrected chi connectivity index (χ4v) is 6.16. The molecule has 0 aromatic carbocycles. The van der Waals surface area contributed by atoms with Gasteiger partial charge in [0.15, 0.2) is 17.2 Å². The van der Waals surface area contributed by atoms with Crippen molar-refractivity contribution in [3.05, 3.63) is 60.4 Å². The number of carbonyl (C=O) groups excluding carboxylic acids is 1. The van der Waals surface area contributed by atoms with Crippen molar-refractivity contribution in [1.82, 2.24) is 35.1 Å². The first-order valence-corrected chi connectivity index (χ1v) is 14.1. The Hall–Kier alpha value is -4.44. The van der Waals surface area contributed by atoms with E-state index in [9.17, 15) is 4.79 Å². The normalized spacial score (nSPS) is 14.3. The largest absolute Gasteiger partial charge is 0.335 e. The smallest absolute Gasteiger partial charge is 0.224 e. The summed E-state index contributed by atoms with van der Waals surface area (Å²) < 4.78 is 0. The molecule has 0 radical (unpaired) electrons. The molecule has 1 aliphatic rings. The second-order valence-electron chi connectivity index (χ2n) is 10.0. The van der Waals surface area contributed by atoms with Crippen LogP contribution in [-0.4, -0.2) is 41.0 Å². The van der Waals surface area contributed by atoms with E-state index in [0.29, 0.717) is 40.7 Å². The van der Waals surface area contributed by atoms with Crippen LogP contribution in [0.2, 0.25) is 0 Å². The van der Waals surface area contributed by atoms with Crippen molar-refractivity contribution in [3.63, 3.8) is 0 Å². The first kappa shape index (κ1) is 23.7. The Bertz CT molecular complexity index is 1780. The van der Waals surface area contributed by atoms with Crippen molar-refractivity contribution in [3.8, 4) is 33.2 Å². The number of fused-ring (bicyclic) bond motifs is 2. The second-order valence-corrected chi connectivity index (χ2v) is 11.0. The highest BCUT2D eigenvalue weighted by Crippen LogP contribution is 2.33. The fourth-order valence-electron chi connectivity index (χ4n) is 5.40. The lowest BCUT2D eigenvalue weighted by Gasteiger charge is -2.20. The second kappa shape index (κ2) is 10.0. The van der Waals surface area contributed by atoms with Crippen LogP contribution in [0.3, 0.4) is 0 Å². The third-order valence-corrected chi connectivity index (χ3v) is 8.23. The Morgan fingerprint density at radius 3 is 2.87 bits per heavy atom. The summed E-state index contributed by atoms with van der Waals surface area (Å²) >= 11 is 1.67. The van der Waals surface area contributed by atoms with E-state index >= 15 is 0 Å². The first-order valence-electron chi connectivity index (χ1n) is 13.2. The van der Waals surface area contributed by atoms with Gasteiger partial charge < -0.3 is 10.3 Å². The third-order valence-electron chi connectivity index (χ3n) is 7.33. The Balaban J connectivity index is 1.19. The summed E-state index contributed by atoms with van der Waals surface area (Å²) in [4.78, 5) is 35.7. The Kier molecular flexibility index (Phi) is 6.08. The molecule has 0 atom stereocenters. The summed E-state index contributed by atoms with van der Waals surface area (Å²) in [7, 11) is 0. The Morgan fingerprint density at radius 2 is 2.00 bits per heavy atom. The van der Waals surface area contributed by atoms with E-state index in [-0.39, 0.29) is 5.91 Å². The maximum absolute atomic E-state index is 12.7. The van der Waals surface area contributed by atoms with Crippen LogP contribution in [0.5, 0.6) is 0 Å². The number of rotatable bonds is 6. The lowest BCUT2D eigenvalue weighted by Crippen LogP contribution is -2.18. The van der Waals surface area contributed by atoms with Gasteiger partial charge in [-0.1, -0.05) is 25.3 Å². The number of hydrogen-bond acceptors (Lipinski definition) is 7. The van der Waals surface area contributed by atoms with Crippen LogP contribution in [0, 0.1) is 5.92 Å². The van der Waals surface area contributed by atoms with E-state index in [1.54, 1.807) is 29.9 Å². The van der Waals surface area contributed by atoms with Gasteiger partial charge in [-0.3, -0.25) is 14.9 Å². The monoisotopic (exact) mass is 534 g/mol. The van der Waals surface area contributed by atoms with Gasteiger partial charge in [-0.2, -0.15) is 5.10 Å². The van der Waals surface area contributed by atoms with Crippen molar-refractivity contribution in [1.29, 1.82) is 0 Å². The average Bonchev–Trinajstić information content (AvgIpc) is 3.73. The molecule has 1 fully saturated rings. The molecule has 1 amide bonds. The minimum atomic E-state index is 0.0433. The Morgan fingerprint density at radius 1 is 1.08 bits per heavy atom. The van der Waals surface area contributed by atoms with Gasteiger partial charge in [0.2, 0.25) is 5.91 Å². The van der Waals surface area contributed by atoms with Crippen molar-refractivity contribution in [2.75, 3.05) is 5.32 Å². The quantitative estimate of drug-likeness (QED) is 0.221. The summed E-state index contributed by atoms with van der Waals surface area (Å²) in [5.74, 6) is 1.12. The average molecular weight is 535 g/mol. The van der Waals surface area contributed by atoms with Crippen LogP contribution in [-0.2, 0) is 4.79 Å². The van der Waals surface area contributed by atoms with Gasteiger partial charge in [-0.25, -0.2) is 15.0 Å². The number of thiophene rings is 1. The number of nitrogens with zero attached hydrogens (tertiary/aromatic N) is 5. The highest BCUT2D eigenvalue weighted by atomic mass is 32.1. The van der Waals surface area contributed by atoms with Gasteiger partial charge in [-0.05, 0) is 54.5 Å². The molecule has 0 bridgehead atoms. The molecule has 6 aromatic rings. The molecule has 1 aliphatic carbocycles. The van der Waals surface area contributed by atoms with Gasteiger partial charge in [0, 0.05) is 34.8 Å². The van der Waals surface area contributed by atoms with Gasteiger partial charge in [0.25, 0.3) is 0 Å². The molecule has 194 valence electrons. The number of aromatic amines is 2. The molecule has 1 saturated carbocycles. The number of amides is 1. The van der Waals surface area contributed by atoms with E-state index in [2.05, 4.69) is 41.9 Å². The van der Waals surface area contributed by atoms with E-state index in [0.717, 1.165) is 45.6 Å². The molecular formula is C29H26N8OS. The zero-order valence-corrected chi connectivity index (χ0v) is 22.0. The zero-order chi connectivity index (χ0) is 26.2. The molecule has 9 nitrogen and oxygen atoms in total. The molecule has 6 aromatic heterocycles. The predicted molar refractivity (Wildman–Crippen MR) is 153 cm³/mol. The van der Waals surface area contributed by atoms with Crippen molar-refractivity contribution in [2.24, 2.45) is 5.92 Å². The number of hydrogen-bond donors (Lipinski definition) is 3. The molecule has 6 heterocycles. The number of pyridine rings is 3. The van der Waals surface area contributed by atoms with Gasteiger partial charge in [0.05, 0.1) is 28.6 Å². The van der Waals surface area contributed by atoms with Gasteiger partial charge >= 0.3 is 0 Å². The number of aromatic nitrogens is 7. The molecule has 0 aliphatic heterocycles. The first-order chi connectivity index (χ1) is 19.2. The fraction of sp³-hybridized carbons (Fsp3) is 0.241. The topological polar surface area (TPSA) is 125 Å². The lowest BCUT2D eigenvalue weighted by molar-refractivity contribution is -0.117. The van der Waals surface area contributed by atoms with Crippen molar-refractivity contribution in [2.45, 2.75) is 38.5 Å². The maximum Gasteiger partial charge on any atom is 0.224 e. The molecule has 39 heavy (non-hydrogen) atoms. The molecule has 0 spiro atoms. The standard InChI is InChI=1S/C29H26N8OS/c38-24(13-17-5-2-1-3-6-17)32-19-14-18(15-30-16-19)21-8-9-22-26(33-21)27(37-36-22)29-34-25-20(23-7-4-12-39-23)10-11-31-28(25)35-29/h4,7-12,14-17H,1-3,5-6,13H2,(H,32,38)(H,36,37)(H,31,34,35). The van der Waals surface area contributed by atoms with E-state index in [4.69, 9.17) is 9.97 Å². The summed E-state index contributed by atoms with van der Waals surface area (Å²) in [6, 6.07) is 11.9. The minimum absolute atomic E-state index is 0.0433. The van der Waals surface area contributed by atoms with Crippen molar-refractivity contribution >= 4 is 45.1 Å². The molecule has 0 unspecified atom stereocenters. The number of H-pyrrole nitrogens is 2. The summed E-state index contributed by atoms with van der Waals surface area (Å²) in [6.45, 7) is 0. The van der Waals surface area contributed by atoms with E-state index in [1.807, 2.05) is 30.3 Å². The van der Waals surface area contributed by atoms with Crippen LogP contribution in [0.15, 0.2) is 60.4 Å². The summed E-state index contributed by atoms with van der Waals surface area (Å²) in [6.07, 6.45) is 11.8.